The van der Waals surface area contributed by atoms with Crippen molar-refractivity contribution in [2.45, 2.75) is 51.7 Å². The monoisotopic (exact) mass is 269 g/mol. The van der Waals surface area contributed by atoms with Crippen LogP contribution in [0.3, 0.4) is 0 Å². The lowest BCUT2D eigenvalue weighted by Crippen LogP contribution is -2.32. The van der Waals surface area contributed by atoms with Crippen molar-refractivity contribution in [3.05, 3.63) is 24.3 Å². The number of hydrogen-bond acceptors (Lipinski definition) is 2. The number of alkyl halides is 2. The molecule has 0 amide bonds. The topological polar surface area (TPSA) is 21.3 Å². The maximum Gasteiger partial charge on any atom is 0.387 e. The summed E-state index contributed by atoms with van der Waals surface area (Å²) in [6.45, 7) is -0.594. The minimum atomic E-state index is -2.78. The molecule has 2 unspecified atom stereocenters. The molecule has 0 radical (unpaired) electrons. The average molecular weight is 269 g/mol. The highest BCUT2D eigenvalue weighted by Gasteiger charge is 2.24. The molecule has 1 saturated carbocycles. The van der Waals surface area contributed by atoms with Gasteiger partial charge in [-0.2, -0.15) is 8.78 Å². The fourth-order valence-corrected chi connectivity index (χ4v) is 2.87. The van der Waals surface area contributed by atoms with Gasteiger partial charge in [0.15, 0.2) is 0 Å². The van der Waals surface area contributed by atoms with Crippen molar-refractivity contribution in [1.82, 2.24) is 0 Å². The van der Waals surface area contributed by atoms with Gasteiger partial charge >= 0.3 is 6.61 Å². The van der Waals surface area contributed by atoms with Gasteiger partial charge < -0.3 is 10.1 Å². The summed E-state index contributed by atoms with van der Waals surface area (Å²) < 4.78 is 29.3. The molecule has 0 bridgehead atoms. The average Bonchev–Trinajstić information content (AvgIpc) is 2.41. The van der Waals surface area contributed by atoms with Crippen LogP contribution < -0.4 is 10.1 Å². The Morgan fingerprint density at radius 3 is 2.74 bits per heavy atom. The van der Waals surface area contributed by atoms with Crippen LogP contribution in [0.25, 0.3) is 0 Å². The molecule has 0 aliphatic heterocycles. The van der Waals surface area contributed by atoms with Crippen LogP contribution in [-0.4, -0.2) is 12.7 Å². The maximum atomic E-state index is 12.4. The summed E-state index contributed by atoms with van der Waals surface area (Å²) in [5.74, 6) is 0.853. The molecule has 1 aromatic rings. The SMILES string of the molecule is CCC1CCCCC1Nc1ccccc1OC(F)F. The van der Waals surface area contributed by atoms with E-state index in [0.717, 1.165) is 12.8 Å². The lowest BCUT2D eigenvalue weighted by molar-refractivity contribution is -0.0494. The number of anilines is 1. The molecule has 1 fully saturated rings. The van der Waals surface area contributed by atoms with Crippen molar-refractivity contribution in [1.29, 1.82) is 0 Å². The molecule has 1 aliphatic rings. The Hall–Kier alpha value is -1.32. The second kappa shape index (κ2) is 6.73. The third kappa shape index (κ3) is 3.82. The molecule has 4 heteroatoms. The highest BCUT2D eigenvalue weighted by molar-refractivity contribution is 5.56. The Morgan fingerprint density at radius 2 is 2.00 bits per heavy atom. The van der Waals surface area contributed by atoms with E-state index in [1.54, 1.807) is 18.2 Å². The van der Waals surface area contributed by atoms with Gasteiger partial charge in [0, 0.05) is 6.04 Å². The summed E-state index contributed by atoms with van der Waals surface area (Å²) in [5.41, 5.74) is 0.674. The molecule has 0 aromatic heterocycles. The molecule has 1 N–H and O–H groups in total. The summed E-state index contributed by atoms with van der Waals surface area (Å²) in [6.07, 6.45) is 5.90. The van der Waals surface area contributed by atoms with Gasteiger partial charge in [-0.05, 0) is 30.9 Å². The zero-order chi connectivity index (χ0) is 13.7. The van der Waals surface area contributed by atoms with E-state index in [2.05, 4.69) is 17.0 Å². The van der Waals surface area contributed by atoms with Crippen LogP contribution in [0, 0.1) is 5.92 Å². The number of benzene rings is 1. The number of hydrogen-bond donors (Lipinski definition) is 1. The van der Waals surface area contributed by atoms with Crippen molar-refractivity contribution in [2.24, 2.45) is 5.92 Å². The molecule has 0 heterocycles. The van der Waals surface area contributed by atoms with Gasteiger partial charge in [-0.1, -0.05) is 38.3 Å². The largest absolute Gasteiger partial charge is 0.433 e. The molecule has 1 aromatic carbocycles. The van der Waals surface area contributed by atoms with Gasteiger partial charge in [0.1, 0.15) is 5.75 Å². The fraction of sp³-hybridized carbons (Fsp3) is 0.600. The first kappa shape index (κ1) is 14.1. The first-order valence-electron chi connectivity index (χ1n) is 7.01. The number of para-hydroxylation sites is 2. The van der Waals surface area contributed by atoms with Crippen LogP contribution in [0.4, 0.5) is 14.5 Å². The second-order valence-electron chi connectivity index (χ2n) is 5.08. The van der Waals surface area contributed by atoms with Gasteiger partial charge in [0.2, 0.25) is 0 Å². The van der Waals surface area contributed by atoms with Crippen molar-refractivity contribution >= 4 is 5.69 Å². The molecule has 106 valence electrons. The normalized spacial score (nSPS) is 23.4. The molecular weight excluding hydrogens is 248 g/mol. The third-order valence-electron chi connectivity index (χ3n) is 3.88. The quantitative estimate of drug-likeness (QED) is 0.838. The number of ether oxygens (including phenoxy) is 1. The minimum Gasteiger partial charge on any atom is -0.433 e. The van der Waals surface area contributed by atoms with Gasteiger partial charge in [0.25, 0.3) is 0 Å². The highest BCUT2D eigenvalue weighted by Crippen LogP contribution is 2.33. The van der Waals surface area contributed by atoms with Crippen LogP contribution in [0.2, 0.25) is 0 Å². The van der Waals surface area contributed by atoms with E-state index >= 15 is 0 Å². The zero-order valence-electron chi connectivity index (χ0n) is 11.2. The lowest BCUT2D eigenvalue weighted by Gasteiger charge is -2.32. The van der Waals surface area contributed by atoms with Gasteiger partial charge in [-0.25, -0.2) is 0 Å². The molecule has 2 nitrogen and oxygen atoms in total. The molecule has 0 spiro atoms. The van der Waals surface area contributed by atoms with Crippen molar-refractivity contribution in [3.8, 4) is 5.75 Å². The van der Waals surface area contributed by atoms with Crippen molar-refractivity contribution < 1.29 is 13.5 Å². The van der Waals surface area contributed by atoms with Crippen molar-refractivity contribution in [2.75, 3.05) is 5.32 Å². The molecule has 2 rings (SSSR count). The summed E-state index contributed by atoms with van der Waals surface area (Å²) in [7, 11) is 0. The fourth-order valence-electron chi connectivity index (χ4n) is 2.87. The Labute approximate surface area is 113 Å². The summed E-state index contributed by atoms with van der Waals surface area (Å²) >= 11 is 0. The van der Waals surface area contributed by atoms with E-state index in [4.69, 9.17) is 0 Å². The summed E-state index contributed by atoms with van der Waals surface area (Å²) in [5, 5.41) is 3.40. The lowest BCUT2D eigenvalue weighted by atomic mass is 9.83. The third-order valence-corrected chi connectivity index (χ3v) is 3.88. The Balaban J connectivity index is 2.08. The van der Waals surface area contributed by atoms with Crippen LogP contribution in [0.1, 0.15) is 39.0 Å². The van der Waals surface area contributed by atoms with E-state index in [1.165, 1.54) is 19.3 Å². The Bertz CT molecular complexity index is 397. The summed E-state index contributed by atoms with van der Waals surface area (Å²) in [4.78, 5) is 0. The smallest absolute Gasteiger partial charge is 0.387 e. The van der Waals surface area contributed by atoms with Crippen LogP contribution in [-0.2, 0) is 0 Å². The highest BCUT2D eigenvalue weighted by atomic mass is 19.3. The molecule has 2 atom stereocenters. The number of halogens is 2. The van der Waals surface area contributed by atoms with E-state index in [0.29, 0.717) is 17.6 Å². The molecular formula is C15H21F2NO. The van der Waals surface area contributed by atoms with E-state index in [-0.39, 0.29) is 5.75 Å². The van der Waals surface area contributed by atoms with Gasteiger partial charge in [-0.15, -0.1) is 0 Å². The zero-order valence-corrected chi connectivity index (χ0v) is 11.2. The van der Waals surface area contributed by atoms with Crippen LogP contribution >= 0.6 is 0 Å². The van der Waals surface area contributed by atoms with E-state index < -0.39 is 6.61 Å². The number of nitrogens with one attached hydrogen (secondary N) is 1. The summed E-state index contributed by atoms with van der Waals surface area (Å²) in [6, 6.07) is 7.30. The standard InChI is InChI=1S/C15H21F2NO/c1-2-11-7-3-4-8-12(11)18-13-9-5-6-10-14(13)19-15(16)17/h5-6,9-12,15,18H,2-4,7-8H2,1H3. The Kier molecular flexibility index (Phi) is 5.00. The maximum absolute atomic E-state index is 12.4. The number of rotatable bonds is 5. The van der Waals surface area contributed by atoms with Crippen LogP contribution in [0.15, 0.2) is 24.3 Å². The Morgan fingerprint density at radius 1 is 1.26 bits per heavy atom. The van der Waals surface area contributed by atoms with E-state index in [1.807, 2.05) is 6.07 Å². The molecule has 0 saturated heterocycles. The first-order valence-corrected chi connectivity index (χ1v) is 7.01. The van der Waals surface area contributed by atoms with Gasteiger partial charge in [0.05, 0.1) is 5.69 Å². The van der Waals surface area contributed by atoms with Crippen LogP contribution in [0.5, 0.6) is 5.75 Å². The van der Waals surface area contributed by atoms with Crippen molar-refractivity contribution in [3.63, 3.8) is 0 Å². The first-order chi connectivity index (χ1) is 9.20. The van der Waals surface area contributed by atoms with Gasteiger partial charge in [-0.3, -0.25) is 0 Å². The predicted molar refractivity (Wildman–Crippen MR) is 72.7 cm³/mol. The second-order valence-corrected chi connectivity index (χ2v) is 5.08. The minimum absolute atomic E-state index is 0.234. The molecule has 19 heavy (non-hydrogen) atoms. The molecule has 1 aliphatic carbocycles. The predicted octanol–water partition coefficient (Wildman–Crippen LogP) is 4.67. The van der Waals surface area contributed by atoms with E-state index in [9.17, 15) is 8.78 Å².